The van der Waals surface area contributed by atoms with Gasteiger partial charge in [0.2, 0.25) is 5.78 Å². The van der Waals surface area contributed by atoms with Crippen LogP contribution in [0.5, 0.6) is 0 Å². The van der Waals surface area contributed by atoms with Gasteiger partial charge < -0.3 is 0 Å². The smallest absolute Gasteiger partial charge is 0.204 e. The molecule has 1 atom stereocenters. The molecule has 0 saturated heterocycles. The van der Waals surface area contributed by atoms with Crippen LogP contribution in [0.25, 0.3) is 0 Å². The second kappa shape index (κ2) is 6.21. The minimum absolute atomic E-state index is 0.127. The highest BCUT2D eigenvalue weighted by molar-refractivity contribution is 6.02. The molecule has 0 aliphatic rings. The number of rotatable bonds is 5. The van der Waals surface area contributed by atoms with Crippen molar-refractivity contribution in [1.82, 2.24) is 0 Å². The second-order valence-corrected chi connectivity index (χ2v) is 5.63. The molecule has 0 unspecified atom stereocenters. The standard InChI is InChI=1S/C19H21FO/c1-4-19(20,18(21)16-8-6-5-7-9-16)17-12-10-15(11-13-17)14(2)3/h5-14H,4H2,1-3H3/t19-/m0/s1. The van der Waals surface area contributed by atoms with Crippen molar-refractivity contribution in [2.24, 2.45) is 0 Å². The minimum atomic E-state index is -1.96. The van der Waals surface area contributed by atoms with Crippen LogP contribution in [0.15, 0.2) is 54.6 Å². The van der Waals surface area contributed by atoms with Crippen molar-refractivity contribution in [3.63, 3.8) is 0 Å². The Morgan fingerprint density at radius 2 is 1.62 bits per heavy atom. The van der Waals surface area contributed by atoms with Crippen LogP contribution in [-0.4, -0.2) is 5.78 Å². The first-order valence-electron chi connectivity index (χ1n) is 7.38. The largest absolute Gasteiger partial charge is 0.290 e. The number of alkyl halides is 1. The summed E-state index contributed by atoms with van der Waals surface area (Å²) in [6.07, 6.45) is 0.127. The fraction of sp³-hybridized carbons (Fsp3) is 0.316. The third kappa shape index (κ3) is 3.05. The average molecular weight is 284 g/mol. The molecule has 110 valence electrons. The summed E-state index contributed by atoms with van der Waals surface area (Å²) in [6.45, 7) is 5.89. The number of Topliss-reactive ketones (excluding diaryl/α,β-unsaturated/α-hetero) is 1. The van der Waals surface area contributed by atoms with E-state index >= 15 is 4.39 Å². The Morgan fingerprint density at radius 1 is 1.05 bits per heavy atom. The zero-order chi connectivity index (χ0) is 15.5. The van der Waals surface area contributed by atoms with Crippen molar-refractivity contribution < 1.29 is 9.18 Å². The van der Waals surface area contributed by atoms with Crippen molar-refractivity contribution in [1.29, 1.82) is 0 Å². The molecule has 0 spiro atoms. The summed E-state index contributed by atoms with van der Waals surface area (Å²) in [5.74, 6) is -0.0811. The van der Waals surface area contributed by atoms with Crippen LogP contribution in [0.4, 0.5) is 4.39 Å². The van der Waals surface area contributed by atoms with E-state index in [1.165, 1.54) is 0 Å². The van der Waals surface area contributed by atoms with E-state index in [4.69, 9.17) is 0 Å². The zero-order valence-corrected chi connectivity index (χ0v) is 12.8. The quantitative estimate of drug-likeness (QED) is 0.684. The van der Waals surface area contributed by atoms with Gasteiger partial charge in [-0.2, -0.15) is 0 Å². The van der Waals surface area contributed by atoms with Crippen molar-refractivity contribution in [2.45, 2.75) is 38.8 Å². The van der Waals surface area contributed by atoms with Gasteiger partial charge in [0.1, 0.15) is 0 Å². The third-order valence-corrected chi connectivity index (χ3v) is 3.92. The Kier molecular flexibility index (Phi) is 4.56. The summed E-state index contributed by atoms with van der Waals surface area (Å²) in [4.78, 5) is 12.5. The van der Waals surface area contributed by atoms with Crippen LogP contribution >= 0.6 is 0 Å². The number of benzene rings is 2. The Hall–Kier alpha value is -1.96. The number of carbonyl (C=O) groups excluding carboxylic acids is 1. The zero-order valence-electron chi connectivity index (χ0n) is 12.8. The highest BCUT2D eigenvalue weighted by Crippen LogP contribution is 2.34. The van der Waals surface area contributed by atoms with Gasteiger partial charge in [-0.15, -0.1) is 0 Å². The molecule has 0 radical (unpaired) electrons. The summed E-state index contributed by atoms with van der Waals surface area (Å²) in [5, 5.41) is 0. The van der Waals surface area contributed by atoms with Crippen LogP contribution in [-0.2, 0) is 5.67 Å². The first-order valence-corrected chi connectivity index (χ1v) is 7.38. The van der Waals surface area contributed by atoms with Crippen molar-refractivity contribution in [3.8, 4) is 0 Å². The molecule has 0 heterocycles. The lowest BCUT2D eigenvalue weighted by atomic mass is 9.84. The third-order valence-electron chi connectivity index (χ3n) is 3.92. The molecular formula is C19H21FO. The van der Waals surface area contributed by atoms with Gasteiger partial charge >= 0.3 is 0 Å². The van der Waals surface area contributed by atoms with Gasteiger partial charge in [-0.1, -0.05) is 75.4 Å². The first-order chi connectivity index (χ1) is 9.99. The van der Waals surface area contributed by atoms with Crippen LogP contribution in [0.2, 0.25) is 0 Å². The topological polar surface area (TPSA) is 17.1 Å². The molecule has 0 aliphatic heterocycles. The van der Waals surface area contributed by atoms with E-state index in [0.29, 0.717) is 17.0 Å². The lowest BCUT2D eigenvalue weighted by Crippen LogP contribution is -2.30. The fourth-order valence-electron chi connectivity index (χ4n) is 2.45. The molecule has 0 bridgehead atoms. The number of hydrogen-bond donors (Lipinski definition) is 0. The van der Waals surface area contributed by atoms with Crippen LogP contribution < -0.4 is 0 Å². The lowest BCUT2D eigenvalue weighted by Gasteiger charge is -2.23. The maximum Gasteiger partial charge on any atom is 0.204 e. The van der Waals surface area contributed by atoms with Gasteiger partial charge in [-0.3, -0.25) is 4.79 Å². The van der Waals surface area contributed by atoms with Gasteiger partial charge in [0.25, 0.3) is 0 Å². The highest BCUT2D eigenvalue weighted by atomic mass is 19.1. The Labute approximate surface area is 125 Å². The van der Waals surface area contributed by atoms with E-state index in [0.717, 1.165) is 5.56 Å². The summed E-state index contributed by atoms with van der Waals surface area (Å²) in [6, 6.07) is 15.9. The number of hydrogen-bond acceptors (Lipinski definition) is 1. The molecule has 0 aromatic heterocycles. The summed E-state index contributed by atoms with van der Waals surface area (Å²) in [5.41, 5.74) is 0.0269. The van der Waals surface area contributed by atoms with Crippen LogP contribution in [0, 0.1) is 0 Å². The van der Waals surface area contributed by atoms with E-state index in [2.05, 4.69) is 13.8 Å². The minimum Gasteiger partial charge on any atom is -0.290 e. The lowest BCUT2D eigenvalue weighted by molar-refractivity contribution is 0.0666. The van der Waals surface area contributed by atoms with Crippen molar-refractivity contribution in [3.05, 3.63) is 71.3 Å². The summed E-state index contributed by atoms with van der Waals surface area (Å²) < 4.78 is 15.3. The normalized spacial score (nSPS) is 14.0. The number of carbonyl (C=O) groups is 1. The predicted octanol–water partition coefficient (Wildman–Crippen LogP) is 5.27. The molecule has 21 heavy (non-hydrogen) atoms. The molecule has 2 heteroatoms. The van der Waals surface area contributed by atoms with Gasteiger partial charge in [-0.05, 0) is 23.5 Å². The number of halogens is 1. The molecule has 0 amide bonds. The molecular weight excluding hydrogens is 263 g/mol. The fourth-order valence-corrected chi connectivity index (χ4v) is 2.45. The van der Waals surface area contributed by atoms with Crippen LogP contribution in [0.3, 0.4) is 0 Å². The maximum atomic E-state index is 15.3. The van der Waals surface area contributed by atoms with Crippen LogP contribution in [0.1, 0.15) is 54.6 Å². The SMILES string of the molecule is CC[C@@](F)(C(=O)c1ccccc1)c1ccc(C(C)C)cc1. The Morgan fingerprint density at radius 3 is 2.10 bits per heavy atom. The van der Waals surface area contributed by atoms with E-state index < -0.39 is 11.5 Å². The highest BCUT2D eigenvalue weighted by Gasteiger charge is 2.39. The molecule has 2 aromatic rings. The van der Waals surface area contributed by atoms with E-state index in [1.807, 2.05) is 18.2 Å². The van der Waals surface area contributed by atoms with E-state index in [1.54, 1.807) is 43.3 Å². The predicted molar refractivity (Wildman–Crippen MR) is 84.4 cm³/mol. The summed E-state index contributed by atoms with van der Waals surface area (Å²) >= 11 is 0. The second-order valence-electron chi connectivity index (χ2n) is 5.63. The van der Waals surface area contributed by atoms with E-state index in [-0.39, 0.29) is 6.42 Å². The molecule has 0 N–H and O–H groups in total. The Bertz CT molecular complexity index is 601. The van der Waals surface area contributed by atoms with Gasteiger partial charge in [0, 0.05) is 5.56 Å². The molecule has 1 nitrogen and oxygen atoms in total. The van der Waals surface area contributed by atoms with Gasteiger partial charge in [0.05, 0.1) is 0 Å². The molecule has 2 rings (SSSR count). The van der Waals surface area contributed by atoms with Gasteiger partial charge in [-0.25, -0.2) is 4.39 Å². The van der Waals surface area contributed by atoms with Crippen molar-refractivity contribution >= 4 is 5.78 Å². The molecule has 0 aliphatic carbocycles. The van der Waals surface area contributed by atoms with E-state index in [9.17, 15) is 4.79 Å². The summed E-state index contributed by atoms with van der Waals surface area (Å²) in [7, 11) is 0. The first kappa shape index (κ1) is 15.4. The van der Waals surface area contributed by atoms with Gasteiger partial charge in [0.15, 0.2) is 5.67 Å². The maximum absolute atomic E-state index is 15.3. The molecule has 0 fully saturated rings. The molecule has 2 aromatic carbocycles. The molecule has 0 saturated carbocycles. The monoisotopic (exact) mass is 284 g/mol. The number of ketones is 1. The average Bonchev–Trinajstić information content (AvgIpc) is 2.54. The Balaban J connectivity index is 2.39. The van der Waals surface area contributed by atoms with Crippen molar-refractivity contribution in [2.75, 3.05) is 0 Å².